The number of thioether (sulfide) groups is 1. The molecule has 0 saturated carbocycles. The number of hydrogen-bond donors (Lipinski definition) is 0. The van der Waals surface area contributed by atoms with E-state index in [0.29, 0.717) is 49.6 Å². The number of aromatic nitrogens is 3. The van der Waals surface area contributed by atoms with Crippen molar-refractivity contribution in [2.24, 2.45) is 7.05 Å². The number of thiophene rings is 1. The molecule has 0 N–H and O–H groups in total. The van der Waals surface area contributed by atoms with Crippen LogP contribution in [0.25, 0.3) is 10.2 Å². The Hall–Kier alpha value is -2.86. The molecule has 3 aromatic heterocycles. The first-order valence-corrected chi connectivity index (χ1v) is 13.6. The second-order valence-corrected chi connectivity index (χ2v) is 10.6. The zero-order chi connectivity index (χ0) is 24.5. The summed E-state index contributed by atoms with van der Waals surface area (Å²) in [4.78, 5) is 52.2. The van der Waals surface area contributed by atoms with Crippen molar-refractivity contribution < 1.29 is 18.7 Å². The van der Waals surface area contributed by atoms with Gasteiger partial charge < -0.3 is 19.0 Å². The number of piperazine rings is 1. The SMILES string of the molecule is CCOC(=O)N1CCN(C(=O)c2coc(CSc3nc4sc5c(c4c(=O)n3C)CCCC5)n2)CC1. The highest BCUT2D eigenvalue weighted by atomic mass is 32.2. The van der Waals surface area contributed by atoms with Gasteiger partial charge in [-0.2, -0.15) is 0 Å². The first-order chi connectivity index (χ1) is 17.0. The van der Waals surface area contributed by atoms with Gasteiger partial charge in [-0.3, -0.25) is 14.2 Å². The number of carbonyl (C=O) groups is 2. The van der Waals surface area contributed by atoms with Crippen molar-refractivity contribution in [1.82, 2.24) is 24.3 Å². The molecule has 1 aliphatic heterocycles. The normalized spacial score (nSPS) is 15.9. The van der Waals surface area contributed by atoms with Crippen LogP contribution in [0.4, 0.5) is 4.79 Å². The average Bonchev–Trinajstić information content (AvgIpc) is 3.50. The lowest BCUT2D eigenvalue weighted by Gasteiger charge is -2.33. The second kappa shape index (κ2) is 10.0. The van der Waals surface area contributed by atoms with Gasteiger partial charge in [0.25, 0.3) is 11.5 Å². The first-order valence-electron chi connectivity index (χ1n) is 11.8. The Kier molecular flexibility index (Phi) is 6.83. The van der Waals surface area contributed by atoms with E-state index >= 15 is 0 Å². The maximum absolute atomic E-state index is 13.1. The van der Waals surface area contributed by atoms with Gasteiger partial charge in [0.15, 0.2) is 10.9 Å². The molecule has 0 spiro atoms. The highest BCUT2D eigenvalue weighted by Crippen LogP contribution is 2.34. The largest absolute Gasteiger partial charge is 0.450 e. The van der Waals surface area contributed by atoms with Gasteiger partial charge in [0.2, 0.25) is 5.89 Å². The van der Waals surface area contributed by atoms with Crippen LogP contribution in [-0.4, -0.2) is 69.1 Å². The third kappa shape index (κ3) is 4.68. The summed E-state index contributed by atoms with van der Waals surface area (Å²) in [5, 5.41) is 1.37. The van der Waals surface area contributed by atoms with Gasteiger partial charge in [0.1, 0.15) is 11.1 Å². The predicted molar refractivity (Wildman–Crippen MR) is 132 cm³/mol. The molecule has 12 heteroatoms. The van der Waals surface area contributed by atoms with Crippen molar-refractivity contribution >= 4 is 45.3 Å². The van der Waals surface area contributed by atoms with E-state index in [2.05, 4.69) is 4.98 Å². The van der Waals surface area contributed by atoms with E-state index in [1.807, 2.05) is 0 Å². The summed E-state index contributed by atoms with van der Waals surface area (Å²) in [6.07, 6.45) is 5.25. The highest BCUT2D eigenvalue weighted by Gasteiger charge is 2.27. The van der Waals surface area contributed by atoms with Gasteiger partial charge in [0, 0.05) is 38.1 Å². The van der Waals surface area contributed by atoms with Crippen LogP contribution < -0.4 is 5.56 Å². The molecule has 10 nitrogen and oxygen atoms in total. The summed E-state index contributed by atoms with van der Waals surface area (Å²) >= 11 is 2.99. The van der Waals surface area contributed by atoms with Crippen LogP contribution in [0.2, 0.25) is 0 Å². The van der Waals surface area contributed by atoms with Crippen LogP contribution in [0.1, 0.15) is 46.6 Å². The van der Waals surface area contributed by atoms with E-state index < -0.39 is 0 Å². The molecule has 2 amide bonds. The minimum atomic E-state index is -0.357. The van der Waals surface area contributed by atoms with Crippen LogP contribution in [0.15, 0.2) is 20.6 Å². The van der Waals surface area contributed by atoms with Crippen LogP contribution in [-0.2, 0) is 30.4 Å². The summed E-state index contributed by atoms with van der Waals surface area (Å²) in [5.74, 6) is 0.508. The van der Waals surface area contributed by atoms with Gasteiger partial charge in [-0.1, -0.05) is 11.8 Å². The lowest BCUT2D eigenvalue weighted by Crippen LogP contribution is -2.50. The summed E-state index contributed by atoms with van der Waals surface area (Å²) in [5.41, 5.74) is 1.40. The Morgan fingerprint density at radius 2 is 1.89 bits per heavy atom. The lowest BCUT2D eigenvalue weighted by atomic mass is 9.97. The summed E-state index contributed by atoms with van der Waals surface area (Å²) < 4.78 is 12.1. The Labute approximate surface area is 210 Å². The number of carbonyl (C=O) groups excluding carboxylic acids is 2. The molecule has 186 valence electrons. The van der Waals surface area contributed by atoms with E-state index in [9.17, 15) is 14.4 Å². The smallest absolute Gasteiger partial charge is 0.409 e. The van der Waals surface area contributed by atoms with Crippen molar-refractivity contribution in [2.45, 2.75) is 43.5 Å². The Morgan fingerprint density at radius 3 is 2.66 bits per heavy atom. The Morgan fingerprint density at radius 1 is 1.14 bits per heavy atom. The zero-order valence-corrected chi connectivity index (χ0v) is 21.4. The van der Waals surface area contributed by atoms with Crippen molar-refractivity contribution in [2.75, 3.05) is 32.8 Å². The maximum Gasteiger partial charge on any atom is 0.409 e. The number of oxazole rings is 1. The van der Waals surface area contributed by atoms with Gasteiger partial charge in [0.05, 0.1) is 17.7 Å². The van der Waals surface area contributed by atoms with Gasteiger partial charge in [-0.25, -0.2) is 14.8 Å². The summed E-state index contributed by atoms with van der Waals surface area (Å²) in [7, 11) is 1.74. The molecule has 35 heavy (non-hydrogen) atoms. The van der Waals surface area contributed by atoms with Crippen molar-refractivity contribution in [1.29, 1.82) is 0 Å². The van der Waals surface area contributed by atoms with Crippen molar-refractivity contribution in [3.05, 3.63) is 38.6 Å². The average molecular weight is 518 g/mol. The fraction of sp³-hybridized carbons (Fsp3) is 0.522. The third-order valence-electron chi connectivity index (χ3n) is 6.34. The van der Waals surface area contributed by atoms with E-state index in [0.717, 1.165) is 35.9 Å². The Bertz CT molecular complexity index is 1320. The first kappa shape index (κ1) is 23.9. The molecule has 3 aromatic rings. The summed E-state index contributed by atoms with van der Waals surface area (Å²) in [6.45, 7) is 3.74. The van der Waals surface area contributed by atoms with Gasteiger partial charge in [-0.15, -0.1) is 11.3 Å². The number of rotatable bonds is 5. The van der Waals surface area contributed by atoms with E-state index in [-0.39, 0.29) is 23.3 Å². The van der Waals surface area contributed by atoms with Crippen molar-refractivity contribution in [3.8, 4) is 0 Å². The highest BCUT2D eigenvalue weighted by molar-refractivity contribution is 7.98. The molecular formula is C23H27N5O5S2. The van der Waals surface area contributed by atoms with Gasteiger partial charge >= 0.3 is 6.09 Å². The molecule has 0 bridgehead atoms. The predicted octanol–water partition coefficient (Wildman–Crippen LogP) is 3.07. The third-order valence-corrected chi connectivity index (χ3v) is 8.54. The molecular weight excluding hydrogens is 490 g/mol. The molecule has 1 aliphatic carbocycles. The van der Waals surface area contributed by atoms with Crippen LogP contribution in [0, 0.1) is 0 Å². The topological polar surface area (TPSA) is 111 Å². The molecule has 0 radical (unpaired) electrons. The fourth-order valence-corrected chi connectivity index (χ4v) is 6.59. The number of nitrogens with zero attached hydrogens (tertiary/aromatic N) is 5. The Balaban J connectivity index is 1.24. The minimum Gasteiger partial charge on any atom is -0.450 e. The second-order valence-electron chi connectivity index (χ2n) is 8.54. The molecule has 2 aliphatic rings. The number of aryl methyl sites for hydroxylation is 2. The minimum absolute atomic E-state index is 0.0119. The lowest BCUT2D eigenvalue weighted by molar-refractivity contribution is 0.0566. The number of amides is 2. The van der Waals surface area contributed by atoms with E-state index in [1.165, 1.54) is 28.5 Å². The molecule has 5 rings (SSSR count). The molecule has 0 unspecified atom stereocenters. The monoisotopic (exact) mass is 517 g/mol. The van der Waals surface area contributed by atoms with Crippen LogP contribution >= 0.6 is 23.1 Å². The number of hydrogen-bond acceptors (Lipinski definition) is 9. The van der Waals surface area contributed by atoms with Crippen LogP contribution in [0.3, 0.4) is 0 Å². The standard InChI is InChI=1S/C23H27N5O5S2/c1-3-32-23(31)28-10-8-27(9-11-28)20(29)15-12-33-17(24-15)13-34-22-25-19-18(21(30)26(22)2)14-6-4-5-7-16(14)35-19/h12H,3-11,13H2,1-2H3. The molecule has 1 fully saturated rings. The quantitative estimate of drug-likeness (QED) is 0.375. The summed E-state index contributed by atoms with van der Waals surface area (Å²) in [6, 6.07) is 0. The zero-order valence-electron chi connectivity index (χ0n) is 19.7. The van der Waals surface area contributed by atoms with E-state index in [4.69, 9.17) is 14.1 Å². The molecule has 0 atom stereocenters. The molecule has 4 heterocycles. The number of fused-ring (bicyclic) bond motifs is 3. The number of ether oxygens (including phenoxy) is 1. The molecule has 1 saturated heterocycles. The maximum atomic E-state index is 13.1. The van der Waals surface area contributed by atoms with Crippen LogP contribution in [0.5, 0.6) is 0 Å². The van der Waals surface area contributed by atoms with Gasteiger partial charge in [-0.05, 0) is 38.2 Å². The van der Waals surface area contributed by atoms with Crippen molar-refractivity contribution in [3.63, 3.8) is 0 Å². The van der Waals surface area contributed by atoms with E-state index in [1.54, 1.807) is 39.7 Å². The fourth-order valence-electron chi connectivity index (χ4n) is 4.47. The molecule has 0 aromatic carbocycles.